The molecule has 0 atom stereocenters. The van der Waals surface area contributed by atoms with Crippen LogP contribution in [0.1, 0.15) is 25.1 Å². The average Bonchev–Trinajstić information content (AvgIpc) is 2.65. The van der Waals surface area contributed by atoms with Crippen LogP contribution in [0.3, 0.4) is 0 Å². The molecule has 0 unspecified atom stereocenters. The Balaban J connectivity index is 2.95. The van der Waals surface area contributed by atoms with E-state index < -0.39 is 27.8 Å². The van der Waals surface area contributed by atoms with Crippen LogP contribution in [0.25, 0.3) is 0 Å². The summed E-state index contributed by atoms with van der Waals surface area (Å²) in [6.45, 7) is 3.91. The van der Waals surface area contributed by atoms with Crippen molar-refractivity contribution in [2.75, 3.05) is 6.54 Å². The van der Waals surface area contributed by atoms with Crippen LogP contribution in [0.4, 0.5) is 13.2 Å². The minimum absolute atomic E-state index is 0.1000. The smallest absolute Gasteiger partial charge is 0.310 e. The van der Waals surface area contributed by atoms with Gasteiger partial charge in [-0.1, -0.05) is 13.8 Å². The molecule has 0 amide bonds. The zero-order chi connectivity index (χ0) is 15.6. The molecule has 1 heterocycles. The highest BCUT2D eigenvalue weighted by atomic mass is 32.2. The van der Waals surface area contributed by atoms with Gasteiger partial charge in [0.2, 0.25) is 0 Å². The first kappa shape index (κ1) is 16.9. The summed E-state index contributed by atoms with van der Waals surface area (Å²) in [5, 5.41) is 8.65. The summed E-state index contributed by atoms with van der Waals surface area (Å²) < 4.78 is 61.4. The molecule has 0 fully saturated rings. The third-order valence-corrected chi connectivity index (χ3v) is 3.81. The highest BCUT2D eigenvalue weighted by Crippen LogP contribution is 2.18. The molecular weight excluding hydrogens is 297 g/mol. The van der Waals surface area contributed by atoms with Crippen molar-refractivity contribution in [3.63, 3.8) is 0 Å². The minimum atomic E-state index is -4.62. The van der Waals surface area contributed by atoms with Crippen LogP contribution in [0, 0.1) is 6.92 Å². The molecule has 3 N–H and O–H groups in total. The number of hydrogen-bond donors (Lipinski definition) is 3. The SMILES string of the molecule is Cc1[nH]nc(S(=O)(=O)NCC(F)(F)F)c1CNC(C)C. The molecule has 116 valence electrons. The third-order valence-electron chi connectivity index (χ3n) is 2.44. The summed E-state index contributed by atoms with van der Waals surface area (Å²) in [6, 6.07) is 0.1000. The highest BCUT2D eigenvalue weighted by Gasteiger charge is 2.32. The van der Waals surface area contributed by atoms with Crippen LogP contribution in [0.5, 0.6) is 0 Å². The van der Waals surface area contributed by atoms with Gasteiger partial charge in [0.05, 0.1) is 0 Å². The number of aromatic amines is 1. The Hall–Kier alpha value is -1.13. The van der Waals surface area contributed by atoms with Crippen molar-refractivity contribution >= 4 is 10.0 Å². The van der Waals surface area contributed by atoms with Crippen LogP contribution in [-0.2, 0) is 16.6 Å². The fourth-order valence-electron chi connectivity index (χ4n) is 1.41. The molecule has 0 radical (unpaired) electrons. The fourth-order valence-corrected chi connectivity index (χ4v) is 2.62. The number of alkyl halides is 3. The van der Waals surface area contributed by atoms with E-state index in [1.165, 1.54) is 4.72 Å². The van der Waals surface area contributed by atoms with Crippen molar-refractivity contribution in [3.8, 4) is 0 Å². The number of rotatable bonds is 6. The van der Waals surface area contributed by atoms with Crippen LogP contribution in [0.15, 0.2) is 5.03 Å². The number of aryl methyl sites for hydroxylation is 1. The van der Waals surface area contributed by atoms with Gasteiger partial charge in [-0.2, -0.15) is 18.3 Å². The van der Waals surface area contributed by atoms with Crippen LogP contribution < -0.4 is 10.0 Å². The molecule has 20 heavy (non-hydrogen) atoms. The predicted octanol–water partition coefficient (Wildman–Crippen LogP) is 1.06. The molecule has 0 aliphatic rings. The fraction of sp³-hybridized carbons (Fsp3) is 0.700. The third kappa shape index (κ3) is 4.76. The summed E-state index contributed by atoms with van der Waals surface area (Å²) in [5.74, 6) is 0. The number of aromatic nitrogens is 2. The lowest BCUT2D eigenvalue weighted by molar-refractivity contribution is -0.121. The Morgan fingerprint density at radius 3 is 2.45 bits per heavy atom. The van der Waals surface area contributed by atoms with Crippen molar-refractivity contribution in [1.82, 2.24) is 20.2 Å². The molecule has 1 aromatic heterocycles. The zero-order valence-electron chi connectivity index (χ0n) is 11.3. The Kier molecular flexibility index (Phi) is 5.16. The molecule has 10 heteroatoms. The summed E-state index contributed by atoms with van der Waals surface area (Å²) in [7, 11) is -4.30. The number of hydrogen-bond acceptors (Lipinski definition) is 4. The van der Waals surface area contributed by atoms with Gasteiger partial charge in [-0.05, 0) is 6.92 Å². The largest absolute Gasteiger partial charge is 0.402 e. The van der Waals surface area contributed by atoms with Gasteiger partial charge in [0.1, 0.15) is 6.54 Å². The van der Waals surface area contributed by atoms with Gasteiger partial charge < -0.3 is 5.32 Å². The van der Waals surface area contributed by atoms with Gasteiger partial charge in [0, 0.05) is 23.8 Å². The molecule has 1 aromatic rings. The highest BCUT2D eigenvalue weighted by molar-refractivity contribution is 7.89. The first-order chi connectivity index (χ1) is 9.03. The maximum atomic E-state index is 12.1. The lowest BCUT2D eigenvalue weighted by atomic mass is 10.2. The zero-order valence-corrected chi connectivity index (χ0v) is 12.1. The maximum Gasteiger partial charge on any atom is 0.402 e. The number of nitrogens with one attached hydrogen (secondary N) is 3. The number of halogens is 3. The molecule has 1 rings (SSSR count). The Labute approximate surface area is 115 Å². The van der Waals surface area contributed by atoms with Gasteiger partial charge in [-0.3, -0.25) is 5.10 Å². The average molecular weight is 314 g/mol. The molecule has 0 saturated heterocycles. The second-order valence-electron chi connectivity index (χ2n) is 4.61. The van der Waals surface area contributed by atoms with Crippen molar-refractivity contribution < 1.29 is 21.6 Å². The standard InChI is InChI=1S/C10H17F3N4O2S/c1-6(2)14-4-8-7(3)16-17-9(8)20(18,19)15-5-10(11,12)13/h6,14-15H,4-5H2,1-3H3,(H,16,17). The first-order valence-electron chi connectivity index (χ1n) is 5.86. The molecular formula is C10H17F3N4O2S. The van der Waals surface area contributed by atoms with E-state index >= 15 is 0 Å². The van der Waals surface area contributed by atoms with E-state index in [1.807, 2.05) is 13.8 Å². The molecule has 0 bridgehead atoms. The van der Waals surface area contributed by atoms with E-state index in [1.54, 1.807) is 6.92 Å². The lowest BCUT2D eigenvalue weighted by Gasteiger charge is -2.11. The van der Waals surface area contributed by atoms with Gasteiger partial charge in [0.25, 0.3) is 10.0 Å². The van der Waals surface area contributed by atoms with Crippen molar-refractivity contribution in [1.29, 1.82) is 0 Å². The topological polar surface area (TPSA) is 86.9 Å². The Bertz CT molecular complexity index is 551. The van der Waals surface area contributed by atoms with Gasteiger partial charge in [-0.15, -0.1) is 0 Å². The van der Waals surface area contributed by atoms with E-state index in [4.69, 9.17) is 0 Å². The van der Waals surface area contributed by atoms with Crippen LogP contribution in [0.2, 0.25) is 0 Å². The second kappa shape index (κ2) is 6.10. The number of sulfonamides is 1. The molecule has 0 aliphatic heterocycles. The minimum Gasteiger partial charge on any atom is -0.310 e. The molecule has 0 saturated carbocycles. The number of H-pyrrole nitrogens is 1. The Morgan fingerprint density at radius 2 is 1.95 bits per heavy atom. The van der Waals surface area contributed by atoms with E-state index in [0.717, 1.165) is 0 Å². The van der Waals surface area contributed by atoms with Gasteiger partial charge >= 0.3 is 6.18 Å². The molecule has 6 nitrogen and oxygen atoms in total. The first-order valence-corrected chi connectivity index (χ1v) is 7.35. The summed E-state index contributed by atoms with van der Waals surface area (Å²) in [4.78, 5) is 0. The quantitative estimate of drug-likeness (QED) is 0.733. The second-order valence-corrected chi connectivity index (χ2v) is 6.29. The monoisotopic (exact) mass is 314 g/mol. The van der Waals surface area contributed by atoms with Crippen molar-refractivity contribution in [3.05, 3.63) is 11.3 Å². The normalized spacial score (nSPS) is 13.2. The van der Waals surface area contributed by atoms with E-state index in [0.29, 0.717) is 11.3 Å². The number of nitrogens with zero attached hydrogens (tertiary/aromatic N) is 1. The van der Waals surface area contributed by atoms with Crippen LogP contribution in [-0.4, -0.2) is 37.4 Å². The van der Waals surface area contributed by atoms with E-state index in [-0.39, 0.29) is 12.6 Å². The van der Waals surface area contributed by atoms with E-state index in [2.05, 4.69) is 15.5 Å². The summed E-state index contributed by atoms with van der Waals surface area (Å²) in [5.41, 5.74) is 0.818. The predicted molar refractivity (Wildman–Crippen MR) is 66.5 cm³/mol. The Morgan fingerprint density at radius 1 is 1.35 bits per heavy atom. The van der Waals surface area contributed by atoms with Crippen LogP contribution >= 0.6 is 0 Å². The molecule has 0 aliphatic carbocycles. The molecule has 0 aromatic carbocycles. The van der Waals surface area contributed by atoms with Crippen molar-refractivity contribution in [2.24, 2.45) is 0 Å². The summed E-state index contributed by atoms with van der Waals surface area (Å²) >= 11 is 0. The molecule has 0 spiro atoms. The van der Waals surface area contributed by atoms with Gasteiger partial charge in [0.15, 0.2) is 5.03 Å². The van der Waals surface area contributed by atoms with Gasteiger partial charge in [-0.25, -0.2) is 13.1 Å². The van der Waals surface area contributed by atoms with E-state index in [9.17, 15) is 21.6 Å². The lowest BCUT2D eigenvalue weighted by Crippen LogP contribution is -2.34. The summed E-state index contributed by atoms with van der Waals surface area (Å²) in [6.07, 6.45) is -4.62. The van der Waals surface area contributed by atoms with Crippen molar-refractivity contribution in [2.45, 2.75) is 44.6 Å². The maximum absolute atomic E-state index is 12.1.